The van der Waals surface area contributed by atoms with Crippen LogP contribution in [0.2, 0.25) is 0 Å². The predicted molar refractivity (Wildman–Crippen MR) is 67.2 cm³/mol. The van der Waals surface area contributed by atoms with Gasteiger partial charge in [-0.2, -0.15) is 5.10 Å². The number of ether oxygens (including phenoxy) is 1. The van der Waals surface area contributed by atoms with Crippen molar-refractivity contribution in [3.05, 3.63) is 42.5 Å². The molecule has 2 aromatic rings. The van der Waals surface area contributed by atoms with E-state index in [4.69, 9.17) is 4.74 Å². The number of hydrogen-bond donors (Lipinski definition) is 1. The van der Waals surface area contributed by atoms with Crippen LogP contribution in [-0.4, -0.2) is 26.5 Å². The Bertz CT molecular complexity index is 454. The number of hydrogen-bond acceptors (Lipinski definition) is 4. The van der Waals surface area contributed by atoms with Gasteiger partial charge < -0.3 is 9.84 Å². The molecular formula is C13H17N3O2. The second-order valence-electron chi connectivity index (χ2n) is 4.05. The zero-order valence-electron chi connectivity index (χ0n) is 10.4. The molecule has 96 valence electrons. The highest BCUT2D eigenvalue weighted by atomic mass is 16.5. The first-order chi connectivity index (χ1) is 8.79. The number of rotatable bonds is 6. The minimum Gasteiger partial charge on any atom is -0.494 e. The second-order valence-corrected chi connectivity index (χ2v) is 4.05. The van der Waals surface area contributed by atoms with Crippen LogP contribution in [0.25, 0.3) is 0 Å². The van der Waals surface area contributed by atoms with E-state index in [2.05, 4.69) is 17.0 Å². The van der Waals surface area contributed by atoms with Crippen LogP contribution in [0.3, 0.4) is 0 Å². The number of aromatic nitrogens is 3. The maximum Gasteiger partial charge on any atom is 0.137 e. The molecule has 0 saturated carbocycles. The van der Waals surface area contributed by atoms with E-state index >= 15 is 0 Å². The van der Waals surface area contributed by atoms with Crippen molar-refractivity contribution >= 4 is 0 Å². The fraction of sp³-hybridized carbons (Fsp3) is 0.385. The van der Waals surface area contributed by atoms with Gasteiger partial charge in [-0.25, -0.2) is 4.98 Å². The maximum atomic E-state index is 10.0. The quantitative estimate of drug-likeness (QED) is 0.845. The topological polar surface area (TPSA) is 60.2 Å². The summed E-state index contributed by atoms with van der Waals surface area (Å²) in [6.45, 7) is 3.17. The third-order valence-corrected chi connectivity index (χ3v) is 2.56. The number of nitrogens with zero attached hydrogens (tertiary/aromatic N) is 3. The summed E-state index contributed by atoms with van der Waals surface area (Å²) in [5, 5.41) is 14.0. The molecule has 1 heterocycles. The van der Waals surface area contributed by atoms with Crippen LogP contribution >= 0.6 is 0 Å². The third kappa shape index (κ3) is 3.30. The van der Waals surface area contributed by atoms with Gasteiger partial charge in [-0.3, -0.25) is 4.68 Å². The lowest BCUT2D eigenvalue weighted by Crippen LogP contribution is -2.09. The summed E-state index contributed by atoms with van der Waals surface area (Å²) in [4.78, 5) is 3.84. The summed E-state index contributed by atoms with van der Waals surface area (Å²) in [5.74, 6) is 0.827. The van der Waals surface area contributed by atoms with Crippen LogP contribution in [-0.2, 0) is 6.54 Å². The number of benzene rings is 1. The smallest absolute Gasteiger partial charge is 0.137 e. The lowest BCUT2D eigenvalue weighted by Gasteiger charge is -2.11. The molecule has 18 heavy (non-hydrogen) atoms. The SMILES string of the molecule is CCCOc1ccc(C(O)Cn2cncn2)cc1. The molecule has 0 fully saturated rings. The highest BCUT2D eigenvalue weighted by Gasteiger charge is 2.08. The Morgan fingerprint density at radius 3 is 2.72 bits per heavy atom. The molecule has 0 aliphatic rings. The van der Waals surface area contributed by atoms with Crippen LogP contribution in [0.1, 0.15) is 25.0 Å². The number of aliphatic hydroxyl groups is 1. The summed E-state index contributed by atoms with van der Waals surface area (Å²) in [6, 6.07) is 7.48. The molecule has 0 bridgehead atoms. The third-order valence-electron chi connectivity index (χ3n) is 2.56. The van der Waals surface area contributed by atoms with E-state index in [9.17, 15) is 5.11 Å². The molecule has 1 aromatic carbocycles. The van der Waals surface area contributed by atoms with Gasteiger partial charge in [0.25, 0.3) is 0 Å². The zero-order chi connectivity index (χ0) is 12.8. The van der Waals surface area contributed by atoms with Crippen LogP contribution < -0.4 is 4.74 Å². The van der Waals surface area contributed by atoms with E-state index in [0.29, 0.717) is 13.2 Å². The molecule has 0 amide bonds. The molecule has 0 radical (unpaired) electrons. The van der Waals surface area contributed by atoms with Gasteiger partial charge in [0.05, 0.1) is 19.3 Å². The molecule has 1 N–H and O–H groups in total. The van der Waals surface area contributed by atoms with Crippen molar-refractivity contribution in [2.75, 3.05) is 6.61 Å². The summed E-state index contributed by atoms with van der Waals surface area (Å²) in [6.07, 6.45) is 3.43. The first-order valence-electron chi connectivity index (χ1n) is 6.03. The van der Waals surface area contributed by atoms with Gasteiger partial charge in [-0.05, 0) is 24.1 Å². The molecule has 2 rings (SSSR count). The Hall–Kier alpha value is -1.88. The molecule has 5 nitrogen and oxygen atoms in total. The lowest BCUT2D eigenvalue weighted by molar-refractivity contribution is 0.151. The number of aliphatic hydroxyl groups excluding tert-OH is 1. The Morgan fingerprint density at radius 2 is 2.11 bits per heavy atom. The van der Waals surface area contributed by atoms with E-state index in [0.717, 1.165) is 17.7 Å². The van der Waals surface area contributed by atoms with E-state index in [-0.39, 0.29) is 0 Å². The van der Waals surface area contributed by atoms with E-state index in [1.54, 1.807) is 11.0 Å². The Labute approximate surface area is 106 Å². The van der Waals surface area contributed by atoms with Crippen LogP contribution in [0.4, 0.5) is 0 Å². The minimum atomic E-state index is -0.591. The Balaban J connectivity index is 1.96. The molecule has 0 saturated heterocycles. The molecule has 0 spiro atoms. The fourth-order valence-electron chi connectivity index (χ4n) is 1.62. The van der Waals surface area contributed by atoms with Crippen molar-refractivity contribution in [2.24, 2.45) is 0 Å². The van der Waals surface area contributed by atoms with Gasteiger partial charge in [-0.15, -0.1) is 0 Å². The van der Waals surface area contributed by atoms with Crippen LogP contribution in [0, 0.1) is 0 Å². The Kier molecular flexibility index (Phi) is 4.30. The first-order valence-corrected chi connectivity index (χ1v) is 6.03. The Morgan fingerprint density at radius 1 is 1.33 bits per heavy atom. The summed E-state index contributed by atoms with van der Waals surface area (Å²) < 4.78 is 7.09. The summed E-state index contributed by atoms with van der Waals surface area (Å²) in [5.41, 5.74) is 0.842. The monoisotopic (exact) mass is 247 g/mol. The van der Waals surface area contributed by atoms with Crippen molar-refractivity contribution in [1.29, 1.82) is 0 Å². The van der Waals surface area contributed by atoms with Gasteiger partial charge >= 0.3 is 0 Å². The average Bonchev–Trinajstić information content (AvgIpc) is 2.89. The van der Waals surface area contributed by atoms with Gasteiger partial charge in [0.1, 0.15) is 18.4 Å². The van der Waals surface area contributed by atoms with E-state index < -0.39 is 6.10 Å². The second kappa shape index (κ2) is 6.16. The molecule has 5 heteroatoms. The van der Waals surface area contributed by atoms with Crippen LogP contribution in [0.15, 0.2) is 36.9 Å². The summed E-state index contributed by atoms with van der Waals surface area (Å²) in [7, 11) is 0. The van der Waals surface area contributed by atoms with Crippen molar-refractivity contribution in [2.45, 2.75) is 26.0 Å². The molecule has 1 unspecified atom stereocenters. The normalized spacial score (nSPS) is 12.3. The fourth-order valence-corrected chi connectivity index (χ4v) is 1.62. The van der Waals surface area contributed by atoms with Gasteiger partial charge in [0, 0.05) is 0 Å². The molecule has 1 aromatic heterocycles. The summed E-state index contributed by atoms with van der Waals surface area (Å²) >= 11 is 0. The average molecular weight is 247 g/mol. The van der Waals surface area contributed by atoms with Crippen molar-refractivity contribution in [3.63, 3.8) is 0 Å². The predicted octanol–water partition coefficient (Wildman–Crippen LogP) is 1.80. The molecular weight excluding hydrogens is 230 g/mol. The first kappa shape index (κ1) is 12.6. The van der Waals surface area contributed by atoms with Crippen molar-refractivity contribution < 1.29 is 9.84 Å². The van der Waals surface area contributed by atoms with Crippen molar-refractivity contribution in [3.8, 4) is 5.75 Å². The standard InChI is InChI=1S/C13H17N3O2/c1-2-7-18-12-5-3-11(4-6-12)13(17)8-16-10-14-9-15-16/h3-6,9-10,13,17H,2,7-8H2,1H3. The maximum absolute atomic E-state index is 10.0. The minimum absolute atomic E-state index is 0.398. The zero-order valence-corrected chi connectivity index (χ0v) is 10.4. The van der Waals surface area contributed by atoms with E-state index in [1.165, 1.54) is 6.33 Å². The highest BCUT2D eigenvalue weighted by Crippen LogP contribution is 2.19. The van der Waals surface area contributed by atoms with Crippen LogP contribution in [0.5, 0.6) is 5.75 Å². The van der Waals surface area contributed by atoms with Gasteiger partial charge in [-0.1, -0.05) is 19.1 Å². The molecule has 0 aliphatic carbocycles. The molecule has 1 atom stereocenters. The van der Waals surface area contributed by atoms with E-state index in [1.807, 2.05) is 24.3 Å². The molecule has 0 aliphatic heterocycles. The van der Waals surface area contributed by atoms with Gasteiger partial charge in [0.2, 0.25) is 0 Å². The van der Waals surface area contributed by atoms with Gasteiger partial charge in [0.15, 0.2) is 0 Å². The van der Waals surface area contributed by atoms with Crippen molar-refractivity contribution in [1.82, 2.24) is 14.8 Å². The highest BCUT2D eigenvalue weighted by molar-refractivity contribution is 5.28. The largest absolute Gasteiger partial charge is 0.494 e. The lowest BCUT2D eigenvalue weighted by atomic mass is 10.1.